The Morgan fingerprint density at radius 3 is 2.00 bits per heavy atom. The van der Waals surface area contributed by atoms with Crippen LogP contribution in [0.5, 0.6) is 11.5 Å². The first-order chi connectivity index (χ1) is 8.97. The average molecular weight is 333 g/mol. The van der Waals surface area contributed by atoms with Crippen LogP contribution >= 0.6 is 15.9 Å². The summed E-state index contributed by atoms with van der Waals surface area (Å²) in [4.78, 5) is 0. The van der Waals surface area contributed by atoms with E-state index in [0.717, 1.165) is 21.5 Å². The van der Waals surface area contributed by atoms with E-state index < -0.39 is 0 Å². The monoisotopic (exact) mass is 332 g/mol. The Morgan fingerprint density at radius 1 is 1.05 bits per heavy atom. The van der Waals surface area contributed by atoms with Crippen LogP contribution < -0.4 is 9.47 Å². The van der Waals surface area contributed by atoms with Crippen molar-refractivity contribution in [1.82, 2.24) is 0 Å². The summed E-state index contributed by atoms with van der Waals surface area (Å²) < 4.78 is 22.5. The summed E-state index contributed by atoms with van der Waals surface area (Å²) in [6.45, 7) is 6.28. The third kappa shape index (κ3) is 5.01. The zero-order valence-corrected chi connectivity index (χ0v) is 13.6. The molecule has 1 rings (SSSR count). The molecule has 108 valence electrons. The molecule has 0 amide bonds. The quantitative estimate of drug-likeness (QED) is 0.712. The molecule has 0 aliphatic rings. The van der Waals surface area contributed by atoms with Gasteiger partial charge in [0.05, 0.1) is 26.9 Å². The number of benzene rings is 1. The third-order valence-corrected chi connectivity index (χ3v) is 3.24. The van der Waals surface area contributed by atoms with Gasteiger partial charge in [-0.25, -0.2) is 0 Å². The molecule has 0 spiro atoms. The Labute approximate surface area is 123 Å². The van der Waals surface area contributed by atoms with Gasteiger partial charge < -0.3 is 18.9 Å². The first kappa shape index (κ1) is 16.3. The van der Waals surface area contributed by atoms with E-state index in [1.54, 1.807) is 14.2 Å². The van der Waals surface area contributed by atoms with Crippen molar-refractivity contribution in [2.24, 2.45) is 0 Å². The lowest BCUT2D eigenvalue weighted by Gasteiger charge is -2.17. The number of halogens is 1. The maximum Gasteiger partial charge on any atom is 0.155 e. The van der Waals surface area contributed by atoms with Gasteiger partial charge in [0.2, 0.25) is 0 Å². The van der Waals surface area contributed by atoms with Crippen LogP contribution in [0.15, 0.2) is 16.6 Å². The van der Waals surface area contributed by atoms with E-state index in [1.165, 1.54) is 0 Å². The summed E-state index contributed by atoms with van der Waals surface area (Å²) in [6.07, 6.45) is -0.107. The lowest BCUT2D eigenvalue weighted by atomic mass is 10.2. The Hall–Kier alpha value is -0.780. The molecule has 4 nitrogen and oxygen atoms in total. The van der Waals surface area contributed by atoms with Crippen molar-refractivity contribution in [3.05, 3.63) is 22.2 Å². The second kappa shape index (κ2) is 7.72. The zero-order chi connectivity index (χ0) is 14.4. The molecular formula is C14H21BrO4. The summed E-state index contributed by atoms with van der Waals surface area (Å²) in [5.74, 6) is 1.44. The molecular weight excluding hydrogens is 312 g/mol. The summed E-state index contributed by atoms with van der Waals surface area (Å²) >= 11 is 3.43. The molecule has 19 heavy (non-hydrogen) atoms. The van der Waals surface area contributed by atoms with Gasteiger partial charge in [0, 0.05) is 0 Å². The first-order valence-electron chi connectivity index (χ1n) is 6.15. The number of ether oxygens (including phenoxy) is 4. The lowest BCUT2D eigenvalue weighted by Crippen LogP contribution is -2.17. The van der Waals surface area contributed by atoms with Crippen molar-refractivity contribution in [1.29, 1.82) is 0 Å². The first-order valence-corrected chi connectivity index (χ1v) is 6.94. The van der Waals surface area contributed by atoms with E-state index in [0.29, 0.717) is 6.61 Å². The van der Waals surface area contributed by atoms with Gasteiger partial charge in [-0.15, -0.1) is 0 Å². The smallest absolute Gasteiger partial charge is 0.155 e. The van der Waals surface area contributed by atoms with Gasteiger partial charge in [0.25, 0.3) is 0 Å². The van der Waals surface area contributed by atoms with Crippen LogP contribution in [0.4, 0.5) is 0 Å². The normalized spacial score (nSPS) is 12.6. The van der Waals surface area contributed by atoms with Gasteiger partial charge >= 0.3 is 0 Å². The van der Waals surface area contributed by atoms with E-state index >= 15 is 0 Å². The van der Waals surface area contributed by atoms with Crippen molar-refractivity contribution in [2.75, 3.05) is 14.2 Å². The van der Waals surface area contributed by atoms with Gasteiger partial charge in [-0.2, -0.15) is 0 Å². The van der Waals surface area contributed by atoms with E-state index in [1.807, 2.05) is 32.9 Å². The molecule has 1 aromatic rings. The number of hydrogen-bond acceptors (Lipinski definition) is 4. The van der Waals surface area contributed by atoms with Crippen molar-refractivity contribution in [3.8, 4) is 11.5 Å². The zero-order valence-electron chi connectivity index (χ0n) is 12.0. The molecule has 0 radical (unpaired) electrons. The third-order valence-electron chi connectivity index (χ3n) is 2.45. The van der Waals surface area contributed by atoms with Crippen molar-refractivity contribution in [3.63, 3.8) is 0 Å². The fraction of sp³-hybridized carbons (Fsp3) is 0.571. The van der Waals surface area contributed by atoms with Crippen molar-refractivity contribution < 1.29 is 18.9 Å². The van der Waals surface area contributed by atoms with E-state index in [4.69, 9.17) is 18.9 Å². The topological polar surface area (TPSA) is 36.9 Å². The highest BCUT2D eigenvalue weighted by Gasteiger charge is 2.11. The van der Waals surface area contributed by atoms with Crippen LogP contribution in [0.1, 0.15) is 26.3 Å². The molecule has 0 heterocycles. The molecule has 0 fully saturated rings. The minimum atomic E-state index is -0.249. The highest BCUT2D eigenvalue weighted by molar-refractivity contribution is 9.10. The Bertz CT molecular complexity index is 381. The maximum atomic E-state index is 5.63. The standard InChI is InChI=1S/C14H21BrO4/c1-9(2)19-10(3)18-8-11-6-12(16-4)14(15)13(7-11)17-5/h6-7,9-10H,8H2,1-5H3. The molecule has 1 atom stereocenters. The van der Waals surface area contributed by atoms with Gasteiger partial charge in [-0.3, -0.25) is 0 Å². The molecule has 1 aromatic carbocycles. The fourth-order valence-electron chi connectivity index (χ4n) is 1.64. The van der Waals surface area contributed by atoms with Crippen LogP contribution in [0.25, 0.3) is 0 Å². The average Bonchev–Trinajstić information content (AvgIpc) is 2.36. The minimum Gasteiger partial charge on any atom is -0.495 e. The summed E-state index contributed by atoms with van der Waals surface area (Å²) in [7, 11) is 3.24. The van der Waals surface area contributed by atoms with Crippen molar-refractivity contribution in [2.45, 2.75) is 39.8 Å². The minimum absolute atomic E-state index is 0.143. The van der Waals surface area contributed by atoms with Crippen LogP contribution in [0.2, 0.25) is 0 Å². The Morgan fingerprint density at radius 2 is 1.58 bits per heavy atom. The molecule has 1 unspecified atom stereocenters. The predicted molar refractivity (Wildman–Crippen MR) is 77.7 cm³/mol. The van der Waals surface area contributed by atoms with Crippen LogP contribution in [0, 0.1) is 0 Å². The number of hydrogen-bond donors (Lipinski definition) is 0. The van der Waals surface area contributed by atoms with Gasteiger partial charge in [0.15, 0.2) is 6.29 Å². The summed E-state index contributed by atoms with van der Waals surface area (Å²) in [5.41, 5.74) is 0.969. The Kier molecular flexibility index (Phi) is 6.62. The highest BCUT2D eigenvalue weighted by Crippen LogP contribution is 2.35. The van der Waals surface area contributed by atoms with Gasteiger partial charge in [-0.05, 0) is 54.4 Å². The maximum absolute atomic E-state index is 5.63. The van der Waals surface area contributed by atoms with E-state index in [9.17, 15) is 0 Å². The lowest BCUT2D eigenvalue weighted by molar-refractivity contribution is -0.157. The number of rotatable bonds is 7. The molecule has 0 N–H and O–H groups in total. The van der Waals surface area contributed by atoms with Gasteiger partial charge in [-0.1, -0.05) is 0 Å². The van der Waals surface area contributed by atoms with Crippen LogP contribution in [-0.2, 0) is 16.1 Å². The van der Waals surface area contributed by atoms with E-state index in [2.05, 4.69) is 15.9 Å². The molecule has 0 saturated heterocycles. The molecule has 0 aliphatic heterocycles. The summed E-state index contributed by atoms with van der Waals surface area (Å²) in [5, 5.41) is 0. The number of methoxy groups -OCH3 is 2. The van der Waals surface area contributed by atoms with Crippen LogP contribution in [0.3, 0.4) is 0 Å². The largest absolute Gasteiger partial charge is 0.495 e. The Balaban J connectivity index is 2.73. The fourth-order valence-corrected chi connectivity index (χ4v) is 2.20. The second-order valence-electron chi connectivity index (χ2n) is 4.38. The molecule has 5 heteroatoms. The predicted octanol–water partition coefficient (Wildman–Crippen LogP) is 3.75. The van der Waals surface area contributed by atoms with Gasteiger partial charge in [0.1, 0.15) is 16.0 Å². The molecule has 0 aliphatic carbocycles. The molecule has 0 aromatic heterocycles. The SMILES string of the molecule is COc1cc(COC(C)OC(C)C)cc(OC)c1Br. The van der Waals surface area contributed by atoms with Crippen molar-refractivity contribution >= 4 is 15.9 Å². The highest BCUT2D eigenvalue weighted by atomic mass is 79.9. The summed E-state index contributed by atoms with van der Waals surface area (Å²) in [6, 6.07) is 3.82. The molecule has 0 bridgehead atoms. The van der Waals surface area contributed by atoms with E-state index in [-0.39, 0.29) is 12.4 Å². The van der Waals surface area contributed by atoms with Crippen LogP contribution in [-0.4, -0.2) is 26.6 Å². The molecule has 0 saturated carbocycles. The second-order valence-corrected chi connectivity index (χ2v) is 5.17.